The molecule has 1 aromatic heterocycles. The molecule has 0 unspecified atom stereocenters. The molecule has 0 radical (unpaired) electrons. The highest BCUT2D eigenvalue weighted by Gasteiger charge is 2.42. The zero-order chi connectivity index (χ0) is 16.8. The van der Waals surface area contributed by atoms with Gasteiger partial charge in [-0.1, -0.05) is 48.5 Å². The SMILES string of the molecule is CO[C@@H]1CN(C2c3ccccc3-c3ccccc32)C[C@H]1c1cn[nH]n1. The summed E-state index contributed by atoms with van der Waals surface area (Å²) >= 11 is 0. The second kappa shape index (κ2) is 5.79. The van der Waals surface area contributed by atoms with Crippen LogP contribution in [0.25, 0.3) is 11.1 Å². The largest absolute Gasteiger partial charge is 0.379 e. The molecule has 1 N–H and O–H groups in total. The minimum absolute atomic E-state index is 0.130. The van der Waals surface area contributed by atoms with Gasteiger partial charge in [0.05, 0.1) is 24.0 Å². The summed E-state index contributed by atoms with van der Waals surface area (Å²) in [7, 11) is 1.79. The summed E-state index contributed by atoms with van der Waals surface area (Å²) in [6.45, 7) is 1.81. The first-order valence-corrected chi connectivity index (χ1v) is 8.67. The van der Waals surface area contributed by atoms with Crippen molar-refractivity contribution in [2.45, 2.75) is 18.1 Å². The predicted octanol–water partition coefficient (Wildman–Crippen LogP) is 2.99. The molecular weight excluding hydrogens is 312 g/mol. The first kappa shape index (κ1) is 14.8. The standard InChI is InChI=1S/C20H20N4O/c1-25-19-12-24(11-17(19)18-10-21-23-22-18)20-15-8-4-2-6-13(15)14-7-3-5-9-16(14)20/h2-10,17,19-20H,11-12H2,1H3,(H,21,22,23)/t17-,19+/m0/s1. The van der Waals surface area contributed by atoms with Crippen molar-refractivity contribution in [3.63, 3.8) is 0 Å². The number of aromatic amines is 1. The molecule has 1 aliphatic carbocycles. The molecule has 0 saturated carbocycles. The number of fused-ring (bicyclic) bond motifs is 3. The van der Waals surface area contributed by atoms with Gasteiger partial charge in [-0.3, -0.25) is 4.90 Å². The van der Waals surface area contributed by atoms with Gasteiger partial charge in [0.25, 0.3) is 0 Å². The number of nitrogens with one attached hydrogen (secondary N) is 1. The minimum Gasteiger partial charge on any atom is -0.379 e. The maximum Gasteiger partial charge on any atom is 0.0894 e. The summed E-state index contributed by atoms with van der Waals surface area (Å²) in [5.41, 5.74) is 6.46. The molecule has 2 aliphatic rings. The van der Waals surface area contributed by atoms with Crippen molar-refractivity contribution >= 4 is 0 Å². The van der Waals surface area contributed by atoms with E-state index < -0.39 is 0 Å². The van der Waals surface area contributed by atoms with Crippen molar-refractivity contribution in [3.8, 4) is 11.1 Å². The Morgan fingerprint density at radius 1 is 1.00 bits per heavy atom. The number of benzene rings is 2. The Hall–Kier alpha value is -2.50. The number of nitrogens with zero attached hydrogens (tertiary/aromatic N) is 3. The molecule has 5 rings (SSSR count). The first-order valence-electron chi connectivity index (χ1n) is 8.67. The van der Waals surface area contributed by atoms with Crippen LogP contribution in [-0.2, 0) is 4.74 Å². The Morgan fingerprint density at radius 2 is 1.68 bits per heavy atom. The zero-order valence-corrected chi connectivity index (χ0v) is 14.1. The molecule has 0 amide bonds. The van der Waals surface area contributed by atoms with Gasteiger partial charge < -0.3 is 4.74 Å². The fraction of sp³-hybridized carbons (Fsp3) is 0.300. The van der Waals surface area contributed by atoms with E-state index in [4.69, 9.17) is 4.74 Å². The lowest BCUT2D eigenvalue weighted by Crippen LogP contribution is -2.27. The highest BCUT2D eigenvalue weighted by atomic mass is 16.5. The summed E-state index contributed by atoms with van der Waals surface area (Å²) in [6.07, 6.45) is 1.95. The van der Waals surface area contributed by atoms with Gasteiger partial charge >= 0.3 is 0 Å². The van der Waals surface area contributed by atoms with Crippen molar-refractivity contribution < 1.29 is 4.74 Å². The zero-order valence-electron chi connectivity index (χ0n) is 14.1. The molecule has 2 aromatic carbocycles. The molecule has 25 heavy (non-hydrogen) atoms. The molecule has 5 heteroatoms. The number of H-pyrrole nitrogens is 1. The van der Waals surface area contributed by atoms with Gasteiger partial charge in [-0.15, -0.1) is 0 Å². The third-order valence-corrected chi connectivity index (χ3v) is 5.58. The summed E-state index contributed by atoms with van der Waals surface area (Å²) in [6, 6.07) is 17.8. The molecule has 0 spiro atoms. The molecular formula is C20H20N4O. The van der Waals surface area contributed by atoms with E-state index in [0.717, 1.165) is 18.8 Å². The highest BCUT2D eigenvalue weighted by molar-refractivity contribution is 5.78. The Balaban J connectivity index is 1.55. The van der Waals surface area contributed by atoms with Gasteiger partial charge in [0.2, 0.25) is 0 Å². The minimum atomic E-state index is 0.130. The predicted molar refractivity (Wildman–Crippen MR) is 95.2 cm³/mol. The third-order valence-electron chi connectivity index (χ3n) is 5.58. The van der Waals surface area contributed by atoms with E-state index in [1.165, 1.54) is 22.3 Å². The average Bonchev–Trinajstić information content (AvgIpc) is 3.38. The molecule has 2 atom stereocenters. The maximum absolute atomic E-state index is 5.79. The topological polar surface area (TPSA) is 54.0 Å². The normalized spacial score (nSPS) is 22.9. The smallest absolute Gasteiger partial charge is 0.0894 e. The lowest BCUT2D eigenvalue weighted by atomic mass is 10.0. The number of rotatable bonds is 3. The van der Waals surface area contributed by atoms with Crippen molar-refractivity contribution in [2.24, 2.45) is 0 Å². The molecule has 1 fully saturated rings. The van der Waals surface area contributed by atoms with Gasteiger partial charge in [0, 0.05) is 26.1 Å². The molecule has 2 heterocycles. The Morgan fingerprint density at radius 3 is 2.28 bits per heavy atom. The monoisotopic (exact) mass is 332 g/mol. The van der Waals surface area contributed by atoms with E-state index in [1.807, 2.05) is 6.20 Å². The van der Waals surface area contributed by atoms with Crippen LogP contribution in [0.5, 0.6) is 0 Å². The Labute approximate surface area is 146 Å². The molecule has 5 nitrogen and oxygen atoms in total. The van der Waals surface area contributed by atoms with E-state index in [0.29, 0.717) is 0 Å². The van der Waals surface area contributed by atoms with Crippen LogP contribution in [-0.4, -0.2) is 46.6 Å². The lowest BCUT2D eigenvalue weighted by Gasteiger charge is -2.26. The highest BCUT2D eigenvalue weighted by Crippen LogP contribution is 2.48. The molecule has 1 aliphatic heterocycles. The fourth-order valence-electron chi connectivity index (χ4n) is 4.45. The van der Waals surface area contributed by atoms with Gasteiger partial charge in [-0.2, -0.15) is 15.4 Å². The Bertz CT molecular complexity index is 847. The van der Waals surface area contributed by atoms with Crippen LogP contribution in [0.1, 0.15) is 28.8 Å². The van der Waals surface area contributed by atoms with Crippen LogP contribution in [0.4, 0.5) is 0 Å². The second-order valence-electron chi connectivity index (χ2n) is 6.81. The van der Waals surface area contributed by atoms with Crippen molar-refractivity contribution in [1.82, 2.24) is 20.3 Å². The summed E-state index contributed by atoms with van der Waals surface area (Å²) < 4.78 is 5.79. The van der Waals surface area contributed by atoms with Crippen LogP contribution in [0.15, 0.2) is 54.7 Å². The molecule has 1 saturated heterocycles. The van der Waals surface area contributed by atoms with Crippen LogP contribution < -0.4 is 0 Å². The van der Waals surface area contributed by atoms with E-state index in [1.54, 1.807) is 7.11 Å². The van der Waals surface area contributed by atoms with Crippen LogP contribution in [0, 0.1) is 0 Å². The fourth-order valence-corrected chi connectivity index (χ4v) is 4.45. The summed E-state index contributed by atoms with van der Waals surface area (Å²) in [4.78, 5) is 2.53. The quantitative estimate of drug-likeness (QED) is 0.801. The van der Waals surface area contributed by atoms with Crippen molar-refractivity contribution in [2.75, 3.05) is 20.2 Å². The third kappa shape index (κ3) is 2.23. The second-order valence-corrected chi connectivity index (χ2v) is 6.81. The number of likely N-dealkylation sites (tertiary alicyclic amines) is 1. The first-order chi connectivity index (χ1) is 12.4. The average molecular weight is 332 g/mol. The van der Waals surface area contributed by atoms with Gasteiger partial charge in [-0.25, -0.2) is 0 Å². The van der Waals surface area contributed by atoms with Gasteiger partial charge in [-0.05, 0) is 22.3 Å². The van der Waals surface area contributed by atoms with Crippen molar-refractivity contribution in [3.05, 3.63) is 71.5 Å². The summed E-state index contributed by atoms with van der Waals surface area (Å²) in [5, 5.41) is 11.0. The van der Waals surface area contributed by atoms with E-state index in [2.05, 4.69) is 68.8 Å². The van der Waals surface area contributed by atoms with E-state index >= 15 is 0 Å². The molecule has 126 valence electrons. The maximum atomic E-state index is 5.79. The van der Waals surface area contributed by atoms with Gasteiger partial charge in [0.15, 0.2) is 0 Å². The number of aromatic nitrogens is 3. The number of ether oxygens (including phenoxy) is 1. The lowest BCUT2D eigenvalue weighted by molar-refractivity contribution is 0.0936. The van der Waals surface area contributed by atoms with E-state index in [9.17, 15) is 0 Å². The Kier molecular flexibility index (Phi) is 3.43. The van der Waals surface area contributed by atoms with Crippen molar-refractivity contribution in [1.29, 1.82) is 0 Å². The van der Waals surface area contributed by atoms with Crippen LogP contribution >= 0.6 is 0 Å². The van der Waals surface area contributed by atoms with Gasteiger partial charge in [0.1, 0.15) is 0 Å². The number of hydrogen-bond acceptors (Lipinski definition) is 4. The number of methoxy groups -OCH3 is 1. The van der Waals surface area contributed by atoms with Crippen LogP contribution in [0.3, 0.4) is 0 Å². The van der Waals surface area contributed by atoms with E-state index in [-0.39, 0.29) is 18.1 Å². The summed E-state index contributed by atoms with van der Waals surface area (Å²) in [5.74, 6) is 0.240. The number of hydrogen-bond donors (Lipinski definition) is 1. The molecule has 0 bridgehead atoms. The van der Waals surface area contributed by atoms with Crippen LogP contribution in [0.2, 0.25) is 0 Å². The molecule has 3 aromatic rings.